The number of nitrogens with zero attached hydrogens (tertiary/aromatic N) is 2. The molecule has 0 spiro atoms. The van der Waals surface area contributed by atoms with E-state index in [1.54, 1.807) is 24.3 Å². The predicted octanol–water partition coefficient (Wildman–Crippen LogP) is 1.28. The van der Waals surface area contributed by atoms with Crippen molar-refractivity contribution in [2.45, 2.75) is 12.6 Å². The van der Waals surface area contributed by atoms with Crippen LogP contribution in [0.1, 0.15) is 6.42 Å². The largest absolute Gasteiger partial charge is 0.482 e. The van der Waals surface area contributed by atoms with Gasteiger partial charge in [-0.25, -0.2) is 0 Å². The maximum absolute atomic E-state index is 13.2. The second-order valence-corrected chi connectivity index (χ2v) is 6.19. The number of benzene rings is 1. The van der Waals surface area contributed by atoms with E-state index in [9.17, 15) is 27.6 Å². The average Bonchev–Trinajstić information content (AvgIpc) is 3.04. The lowest BCUT2D eigenvalue weighted by molar-refractivity contribution is -0.227. The van der Waals surface area contributed by atoms with Crippen LogP contribution in [0.4, 0.5) is 18.9 Å². The molecule has 1 saturated heterocycles. The van der Waals surface area contributed by atoms with Crippen LogP contribution in [0.2, 0.25) is 0 Å². The monoisotopic (exact) mass is 372 g/mol. The number of carbonyl (C=O) groups is 3. The number of halogens is 3. The zero-order valence-corrected chi connectivity index (χ0v) is 13.5. The van der Waals surface area contributed by atoms with Crippen LogP contribution in [0.5, 0.6) is 5.75 Å². The number of carboxylic acid groups (broad SMARTS) is 1. The summed E-state index contributed by atoms with van der Waals surface area (Å²) in [4.78, 5) is 37.7. The summed E-state index contributed by atoms with van der Waals surface area (Å²) >= 11 is 0. The fraction of sp³-hybridized carbons (Fsp3) is 0.438. The van der Waals surface area contributed by atoms with Crippen LogP contribution in [-0.2, 0) is 14.4 Å². The fourth-order valence-corrected chi connectivity index (χ4v) is 3.11. The number of likely N-dealkylation sites (tertiary alicyclic amines) is 1. The van der Waals surface area contributed by atoms with E-state index in [2.05, 4.69) is 0 Å². The molecule has 1 N–H and O–H groups in total. The first-order chi connectivity index (χ1) is 12.2. The standard InChI is InChI=1S/C16H15F3N2O5/c17-16(18,19)15(14(24)25)5-6-20(9-15)12(22)7-21-10-3-1-2-4-11(10)26-8-13(21)23/h1-4H,5-9H2,(H,24,25). The van der Waals surface area contributed by atoms with E-state index in [0.717, 1.165) is 9.80 Å². The molecular formula is C16H15F3N2O5. The summed E-state index contributed by atoms with van der Waals surface area (Å²) in [6.07, 6.45) is -5.69. The van der Waals surface area contributed by atoms with Gasteiger partial charge < -0.3 is 14.7 Å². The van der Waals surface area contributed by atoms with Crippen molar-refractivity contribution in [2.24, 2.45) is 5.41 Å². The second kappa shape index (κ2) is 6.19. The van der Waals surface area contributed by atoms with Crippen molar-refractivity contribution in [3.8, 4) is 5.75 Å². The Morgan fingerprint density at radius 1 is 1.27 bits per heavy atom. The van der Waals surface area contributed by atoms with Gasteiger partial charge in [0, 0.05) is 13.1 Å². The summed E-state index contributed by atoms with van der Waals surface area (Å²) in [5, 5.41) is 9.05. The van der Waals surface area contributed by atoms with Crippen LogP contribution >= 0.6 is 0 Å². The van der Waals surface area contributed by atoms with Gasteiger partial charge in [0.15, 0.2) is 12.0 Å². The summed E-state index contributed by atoms with van der Waals surface area (Å²) in [5.41, 5.74) is -2.63. The first kappa shape index (κ1) is 18.0. The molecular weight excluding hydrogens is 357 g/mol. The highest BCUT2D eigenvalue weighted by Crippen LogP contribution is 2.45. The molecule has 10 heteroatoms. The minimum absolute atomic E-state index is 0.286. The van der Waals surface area contributed by atoms with E-state index in [-0.39, 0.29) is 13.2 Å². The van der Waals surface area contributed by atoms with Gasteiger partial charge in [-0.3, -0.25) is 19.3 Å². The second-order valence-electron chi connectivity index (χ2n) is 6.19. The third-order valence-electron chi connectivity index (χ3n) is 4.68. The summed E-state index contributed by atoms with van der Waals surface area (Å²) < 4.78 is 44.9. The maximum atomic E-state index is 13.2. The number of aliphatic carboxylic acids is 1. The number of hydrogen-bond donors (Lipinski definition) is 1. The third kappa shape index (κ3) is 2.85. The van der Waals surface area contributed by atoms with Gasteiger partial charge in [-0.05, 0) is 18.6 Å². The quantitative estimate of drug-likeness (QED) is 0.864. The van der Waals surface area contributed by atoms with Crippen molar-refractivity contribution in [3.05, 3.63) is 24.3 Å². The fourth-order valence-electron chi connectivity index (χ4n) is 3.11. The molecule has 1 fully saturated rings. The molecule has 140 valence electrons. The van der Waals surface area contributed by atoms with Gasteiger partial charge in [0.1, 0.15) is 12.3 Å². The van der Waals surface area contributed by atoms with Crippen LogP contribution in [0.3, 0.4) is 0 Å². The number of carbonyl (C=O) groups excluding carboxylic acids is 2. The van der Waals surface area contributed by atoms with E-state index in [1.807, 2.05) is 0 Å². The van der Waals surface area contributed by atoms with Crippen LogP contribution < -0.4 is 9.64 Å². The molecule has 0 aliphatic carbocycles. The molecule has 0 radical (unpaired) electrons. The highest BCUT2D eigenvalue weighted by atomic mass is 19.4. The SMILES string of the molecule is O=C(CN1C(=O)COc2ccccc21)N1CCC(C(=O)O)(C(F)(F)F)C1. The Morgan fingerprint density at radius 2 is 1.96 bits per heavy atom. The molecule has 1 atom stereocenters. The van der Waals surface area contributed by atoms with Crippen molar-refractivity contribution in [2.75, 3.05) is 31.1 Å². The molecule has 7 nitrogen and oxygen atoms in total. The van der Waals surface area contributed by atoms with Gasteiger partial charge in [0.2, 0.25) is 5.91 Å². The molecule has 3 rings (SSSR count). The van der Waals surface area contributed by atoms with Gasteiger partial charge in [0.25, 0.3) is 5.91 Å². The molecule has 1 aromatic carbocycles. The number of para-hydroxylation sites is 2. The van der Waals surface area contributed by atoms with E-state index < -0.39 is 48.9 Å². The predicted molar refractivity (Wildman–Crippen MR) is 81.6 cm³/mol. The van der Waals surface area contributed by atoms with Gasteiger partial charge >= 0.3 is 12.1 Å². The van der Waals surface area contributed by atoms with Crippen LogP contribution in [-0.4, -0.2) is 60.2 Å². The molecule has 2 aliphatic rings. The molecule has 0 saturated carbocycles. The first-order valence-corrected chi connectivity index (χ1v) is 7.76. The van der Waals surface area contributed by atoms with E-state index >= 15 is 0 Å². The first-order valence-electron chi connectivity index (χ1n) is 7.76. The van der Waals surface area contributed by atoms with Crippen molar-refractivity contribution in [1.82, 2.24) is 4.90 Å². The van der Waals surface area contributed by atoms with Crippen molar-refractivity contribution < 1.29 is 37.4 Å². The molecule has 1 aromatic rings. The normalized spacial score (nSPS) is 22.8. The number of hydrogen-bond acceptors (Lipinski definition) is 4. The van der Waals surface area contributed by atoms with Crippen LogP contribution in [0.25, 0.3) is 0 Å². The van der Waals surface area contributed by atoms with Gasteiger partial charge in [-0.2, -0.15) is 13.2 Å². The Morgan fingerprint density at radius 3 is 2.58 bits per heavy atom. The minimum Gasteiger partial charge on any atom is -0.482 e. The molecule has 26 heavy (non-hydrogen) atoms. The molecule has 2 heterocycles. The summed E-state index contributed by atoms with van der Waals surface area (Å²) in [5.74, 6) is -2.87. The molecule has 2 aliphatic heterocycles. The van der Waals surface area contributed by atoms with Gasteiger partial charge in [-0.1, -0.05) is 12.1 Å². The zero-order valence-electron chi connectivity index (χ0n) is 13.5. The Kier molecular flexibility index (Phi) is 4.29. The minimum atomic E-state index is -4.98. The number of carboxylic acids is 1. The lowest BCUT2D eigenvalue weighted by atomic mass is 9.86. The molecule has 2 amide bonds. The van der Waals surface area contributed by atoms with Crippen LogP contribution in [0, 0.1) is 5.41 Å². The summed E-state index contributed by atoms with van der Waals surface area (Å²) in [7, 11) is 0. The smallest absolute Gasteiger partial charge is 0.406 e. The number of fused-ring (bicyclic) bond motifs is 1. The summed E-state index contributed by atoms with van der Waals surface area (Å²) in [6.45, 7) is -2.08. The van der Waals surface area contributed by atoms with Crippen molar-refractivity contribution in [1.29, 1.82) is 0 Å². The Bertz CT molecular complexity index is 766. The van der Waals surface area contributed by atoms with Crippen molar-refractivity contribution in [3.63, 3.8) is 0 Å². The molecule has 1 unspecified atom stereocenters. The molecule has 0 aromatic heterocycles. The Labute approximate surface area is 145 Å². The Hall–Kier alpha value is -2.78. The van der Waals surface area contributed by atoms with E-state index in [4.69, 9.17) is 9.84 Å². The zero-order chi connectivity index (χ0) is 19.1. The number of rotatable bonds is 3. The van der Waals surface area contributed by atoms with Crippen molar-refractivity contribution >= 4 is 23.5 Å². The highest BCUT2D eigenvalue weighted by molar-refractivity contribution is 6.02. The number of amides is 2. The number of alkyl halides is 3. The van der Waals surface area contributed by atoms with E-state index in [1.165, 1.54) is 0 Å². The van der Waals surface area contributed by atoms with Gasteiger partial charge in [0.05, 0.1) is 5.69 Å². The molecule has 0 bridgehead atoms. The third-order valence-corrected chi connectivity index (χ3v) is 4.68. The average molecular weight is 372 g/mol. The van der Waals surface area contributed by atoms with E-state index in [0.29, 0.717) is 11.4 Å². The van der Waals surface area contributed by atoms with Crippen LogP contribution in [0.15, 0.2) is 24.3 Å². The van der Waals surface area contributed by atoms with Gasteiger partial charge in [-0.15, -0.1) is 0 Å². The maximum Gasteiger partial charge on any atom is 0.406 e. The lowest BCUT2D eigenvalue weighted by Crippen LogP contribution is -2.50. The number of anilines is 1. The Balaban J connectivity index is 1.78. The summed E-state index contributed by atoms with van der Waals surface area (Å²) in [6, 6.07) is 6.47. The lowest BCUT2D eigenvalue weighted by Gasteiger charge is -2.31. The topological polar surface area (TPSA) is 87.2 Å². The number of ether oxygens (including phenoxy) is 1. The highest BCUT2D eigenvalue weighted by Gasteiger charge is 2.64.